The second-order valence-electron chi connectivity index (χ2n) is 3.57. The fourth-order valence-electron chi connectivity index (χ4n) is 1.62. The highest BCUT2D eigenvalue weighted by molar-refractivity contribution is 5.98. The third-order valence-electron chi connectivity index (χ3n) is 2.91. The fourth-order valence-corrected chi connectivity index (χ4v) is 2.40. The molecule has 15 heavy (non-hydrogen) atoms. The molecule has 88 valence electrons. The Kier molecular flexibility index (Phi) is 7.34. The summed E-state index contributed by atoms with van der Waals surface area (Å²) in [6, 6.07) is 0. The van der Waals surface area contributed by atoms with Gasteiger partial charge in [-0.1, -0.05) is 20.4 Å². The molecule has 0 radical (unpaired) electrons. The van der Waals surface area contributed by atoms with Crippen molar-refractivity contribution >= 4 is 16.5 Å². The summed E-state index contributed by atoms with van der Waals surface area (Å²) in [5, 5.41) is 0. The summed E-state index contributed by atoms with van der Waals surface area (Å²) in [6.07, 6.45) is 5.03. The van der Waals surface area contributed by atoms with Crippen molar-refractivity contribution in [1.29, 1.82) is 0 Å². The Morgan fingerprint density at radius 2 is 2.07 bits per heavy atom. The van der Waals surface area contributed by atoms with Gasteiger partial charge in [0.05, 0.1) is 12.2 Å². The first-order valence-corrected chi connectivity index (χ1v) is 6.30. The Bertz CT molecular complexity index is 192. The van der Waals surface area contributed by atoms with Gasteiger partial charge in [-0.25, -0.2) is 4.79 Å². The Morgan fingerprint density at radius 1 is 1.47 bits per heavy atom. The minimum absolute atomic E-state index is 0.00675. The van der Waals surface area contributed by atoms with Crippen LogP contribution in [0, 0.1) is 0 Å². The van der Waals surface area contributed by atoms with Gasteiger partial charge in [-0.2, -0.15) is 0 Å². The Labute approximate surface area is 95.4 Å². The van der Waals surface area contributed by atoms with Crippen LogP contribution in [0.5, 0.6) is 0 Å². The van der Waals surface area contributed by atoms with Gasteiger partial charge in [0.15, 0.2) is 0 Å². The zero-order chi connectivity index (χ0) is 11.7. The van der Waals surface area contributed by atoms with Gasteiger partial charge in [-0.15, -0.1) is 0 Å². The third kappa shape index (κ3) is 5.13. The number of carbonyl (C=O) groups excluding carboxylic acids is 1. The molecule has 0 rings (SSSR count). The quantitative estimate of drug-likeness (QED) is 0.273. The molecule has 0 amide bonds. The van der Waals surface area contributed by atoms with Crippen LogP contribution in [-0.4, -0.2) is 28.7 Å². The molecule has 3 nitrogen and oxygen atoms in total. The molecule has 0 unspecified atom stereocenters. The first kappa shape index (κ1) is 14.4. The van der Waals surface area contributed by atoms with Crippen LogP contribution < -0.4 is 0 Å². The van der Waals surface area contributed by atoms with Gasteiger partial charge in [0.2, 0.25) is 0 Å². The highest BCUT2D eigenvalue weighted by atomic mass is 28.2. The third-order valence-corrected chi connectivity index (χ3v) is 3.78. The maximum absolute atomic E-state index is 10.8. The normalized spacial score (nSPS) is 11.3. The van der Waals surface area contributed by atoms with Crippen molar-refractivity contribution in [3.8, 4) is 0 Å². The highest BCUT2D eigenvalue weighted by Gasteiger charge is 2.23. The van der Waals surface area contributed by atoms with Crippen molar-refractivity contribution in [1.82, 2.24) is 0 Å². The van der Waals surface area contributed by atoms with Crippen molar-refractivity contribution in [2.45, 2.75) is 45.1 Å². The van der Waals surface area contributed by atoms with Gasteiger partial charge in [0.25, 0.3) is 0 Å². The summed E-state index contributed by atoms with van der Waals surface area (Å²) in [4.78, 5) is 10.8. The summed E-state index contributed by atoms with van der Waals surface area (Å²) >= 11 is 0. The Balaban J connectivity index is 3.81. The van der Waals surface area contributed by atoms with Gasteiger partial charge in [0, 0.05) is 6.08 Å². The molecule has 0 fully saturated rings. The van der Waals surface area contributed by atoms with E-state index < -0.39 is 0 Å². The van der Waals surface area contributed by atoms with E-state index in [1.54, 1.807) is 0 Å². The summed E-state index contributed by atoms with van der Waals surface area (Å²) in [5.41, 5.74) is 0.00675. The van der Waals surface area contributed by atoms with Crippen LogP contribution >= 0.6 is 0 Å². The summed E-state index contributed by atoms with van der Waals surface area (Å²) < 4.78 is 10.6. The molecule has 0 atom stereocenters. The van der Waals surface area contributed by atoms with E-state index in [4.69, 9.17) is 9.16 Å². The SMILES string of the molecule is C=CC(=O)OCCCC(CC)(CC)O[SiH3]. The zero-order valence-corrected chi connectivity index (χ0v) is 12.0. The van der Waals surface area contributed by atoms with Gasteiger partial charge < -0.3 is 9.16 Å². The van der Waals surface area contributed by atoms with E-state index in [-0.39, 0.29) is 11.6 Å². The lowest BCUT2D eigenvalue weighted by Gasteiger charge is -2.30. The standard InChI is InChI=1S/C11H22O3Si/c1-4-10(12)13-9-7-8-11(5-2,6-3)14-15/h4H,1,5-9H2,2-3,15H3. The summed E-state index contributed by atoms with van der Waals surface area (Å²) in [6.45, 7) is 8.07. The monoisotopic (exact) mass is 230 g/mol. The molecular weight excluding hydrogens is 208 g/mol. The maximum atomic E-state index is 10.8. The van der Waals surface area contributed by atoms with Crippen LogP contribution in [0.3, 0.4) is 0 Å². The molecule has 0 aliphatic heterocycles. The average Bonchev–Trinajstić information content (AvgIpc) is 2.30. The molecule has 0 N–H and O–H groups in total. The van der Waals surface area contributed by atoms with E-state index in [1.165, 1.54) is 6.08 Å². The van der Waals surface area contributed by atoms with Crippen LogP contribution in [0.15, 0.2) is 12.7 Å². The van der Waals surface area contributed by atoms with Gasteiger partial charge in [-0.3, -0.25) is 0 Å². The van der Waals surface area contributed by atoms with Crippen LogP contribution in [-0.2, 0) is 14.0 Å². The maximum Gasteiger partial charge on any atom is 0.330 e. The Morgan fingerprint density at radius 3 is 2.47 bits per heavy atom. The fraction of sp³-hybridized carbons (Fsp3) is 0.727. The Hall–Kier alpha value is -0.613. The minimum atomic E-state index is -0.347. The number of ether oxygens (including phenoxy) is 1. The van der Waals surface area contributed by atoms with Crippen LogP contribution in [0.25, 0.3) is 0 Å². The minimum Gasteiger partial charge on any atom is -0.463 e. The number of hydrogen-bond acceptors (Lipinski definition) is 3. The van der Waals surface area contributed by atoms with E-state index in [9.17, 15) is 4.79 Å². The number of carbonyl (C=O) groups is 1. The van der Waals surface area contributed by atoms with Gasteiger partial charge in [-0.05, 0) is 25.7 Å². The molecule has 0 aliphatic rings. The molecule has 0 heterocycles. The van der Waals surface area contributed by atoms with Gasteiger partial charge >= 0.3 is 5.97 Å². The largest absolute Gasteiger partial charge is 0.463 e. The summed E-state index contributed by atoms with van der Waals surface area (Å²) in [5.74, 6) is -0.347. The van der Waals surface area contributed by atoms with Crippen molar-refractivity contribution in [3.05, 3.63) is 12.7 Å². The molecule has 0 aliphatic carbocycles. The van der Waals surface area contributed by atoms with E-state index in [2.05, 4.69) is 20.4 Å². The van der Waals surface area contributed by atoms with Gasteiger partial charge in [0.1, 0.15) is 10.5 Å². The van der Waals surface area contributed by atoms with Crippen LogP contribution in [0.1, 0.15) is 39.5 Å². The molecule has 4 heteroatoms. The first-order chi connectivity index (χ1) is 7.14. The lowest BCUT2D eigenvalue weighted by atomic mass is 9.92. The molecule has 0 aromatic rings. The van der Waals surface area contributed by atoms with Crippen molar-refractivity contribution in [3.63, 3.8) is 0 Å². The van der Waals surface area contributed by atoms with E-state index in [0.717, 1.165) is 36.2 Å². The first-order valence-electron chi connectivity index (χ1n) is 5.48. The average molecular weight is 230 g/mol. The van der Waals surface area contributed by atoms with E-state index in [0.29, 0.717) is 6.61 Å². The predicted octanol–water partition coefficient (Wildman–Crippen LogP) is 1.35. The van der Waals surface area contributed by atoms with Crippen LogP contribution in [0.2, 0.25) is 0 Å². The zero-order valence-electron chi connectivity index (χ0n) is 10.0. The number of rotatable bonds is 8. The molecular formula is C11H22O3Si. The summed E-state index contributed by atoms with van der Waals surface area (Å²) in [7, 11) is 0.757. The van der Waals surface area contributed by atoms with E-state index >= 15 is 0 Å². The van der Waals surface area contributed by atoms with Crippen molar-refractivity contribution in [2.75, 3.05) is 6.61 Å². The lowest BCUT2D eigenvalue weighted by Crippen LogP contribution is -2.30. The second kappa shape index (κ2) is 7.65. The number of hydrogen-bond donors (Lipinski definition) is 0. The topological polar surface area (TPSA) is 35.5 Å². The van der Waals surface area contributed by atoms with Crippen molar-refractivity contribution in [2.24, 2.45) is 0 Å². The molecule has 0 saturated heterocycles. The van der Waals surface area contributed by atoms with Crippen LogP contribution in [0.4, 0.5) is 0 Å². The molecule has 0 spiro atoms. The lowest BCUT2D eigenvalue weighted by molar-refractivity contribution is -0.138. The van der Waals surface area contributed by atoms with E-state index in [1.807, 2.05) is 0 Å². The molecule has 0 saturated carbocycles. The molecule has 0 aromatic carbocycles. The second-order valence-corrected chi connectivity index (χ2v) is 3.98. The smallest absolute Gasteiger partial charge is 0.330 e. The predicted molar refractivity (Wildman–Crippen MR) is 64.7 cm³/mol. The van der Waals surface area contributed by atoms with Crippen molar-refractivity contribution < 1.29 is 14.0 Å². The highest BCUT2D eigenvalue weighted by Crippen LogP contribution is 2.24. The number of esters is 1. The molecule has 0 aromatic heterocycles. The molecule has 0 bridgehead atoms.